The first-order chi connectivity index (χ1) is 7.91. The highest BCUT2D eigenvalue weighted by Gasteiger charge is 2.50. The molecule has 0 amide bonds. The smallest absolute Gasteiger partial charge is 0.400 e. The van der Waals surface area contributed by atoms with E-state index in [1.54, 1.807) is 0 Å². The van der Waals surface area contributed by atoms with Gasteiger partial charge in [-0.15, -0.1) is 0 Å². The van der Waals surface area contributed by atoms with Gasteiger partial charge in [-0.3, -0.25) is 0 Å². The zero-order valence-electron chi connectivity index (χ0n) is 11.1. The third-order valence-corrected chi connectivity index (χ3v) is 3.59. The Balaban J connectivity index is 2.03. The minimum atomic E-state index is -0.305. The van der Waals surface area contributed by atoms with Crippen LogP contribution in [0.2, 0.25) is 0 Å². The second-order valence-corrected chi connectivity index (χ2v) is 5.55. The average molecular weight is 240 g/mol. The molecule has 0 aromatic rings. The maximum Gasteiger partial charge on any atom is 0.487 e. The lowest BCUT2D eigenvalue weighted by molar-refractivity contribution is 0.00578. The van der Waals surface area contributed by atoms with Crippen molar-refractivity contribution in [3.63, 3.8) is 0 Å². The quantitative estimate of drug-likeness (QED) is 0.652. The number of hydrogen-bond acceptors (Lipinski definition) is 4. The zero-order chi connectivity index (χ0) is 12.5. The van der Waals surface area contributed by atoms with Gasteiger partial charge in [0.15, 0.2) is 0 Å². The van der Waals surface area contributed by atoms with Gasteiger partial charge in [0.2, 0.25) is 0 Å². The Morgan fingerprint density at radius 3 is 1.88 bits per heavy atom. The Bertz CT molecular complexity index is 286. The molecule has 0 radical (unpaired) electrons. The molecule has 0 N–H and O–H groups in total. The summed E-state index contributed by atoms with van der Waals surface area (Å²) in [5.74, 6) is 1.97. The van der Waals surface area contributed by atoms with E-state index in [2.05, 4.69) is 0 Å². The lowest BCUT2D eigenvalue weighted by Gasteiger charge is -2.32. The third-order valence-electron chi connectivity index (χ3n) is 3.59. The standard InChI is InChI=1S/C12H21BO4/c1-11(2)12(3,4)17-13(16-11)7-10-8-14-5-6-15-9-10/h7H,5-6,8-9H2,1-4H3. The monoisotopic (exact) mass is 240 g/mol. The van der Waals surface area contributed by atoms with Crippen LogP contribution in [0.15, 0.2) is 11.5 Å². The second-order valence-electron chi connectivity index (χ2n) is 5.55. The van der Waals surface area contributed by atoms with Crippen LogP contribution in [-0.4, -0.2) is 44.7 Å². The zero-order valence-corrected chi connectivity index (χ0v) is 11.1. The fourth-order valence-corrected chi connectivity index (χ4v) is 1.81. The van der Waals surface area contributed by atoms with Crippen LogP contribution >= 0.6 is 0 Å². The van der Waals surface area contributed by atoms with Crippen molar-refractivity contribution in [3.8, 4) is 0 Å². The summed E-state index contributed by atoms with van der Waals surface area (Å²) < 4.78 is 22.6. The number of ether oxygens (including phenoxy) is 2. The molecule has 0 bridgehead atoms. The van der Waals surface area contributed by atoms with Gasteiger partial charge in [0.1, 0.15) is 0 Å². The van der Waals surface area contributed by atoms with Crippen LogP contribution in [0.5, 0.6) is 0 Å². The fourth-order valence-electron chi connectivity index (χ4n) is 1.81. The highest BCUT2D eigenvalue weighted by Crippen LogP contribution is 2.37. The van der Waals surface area contributed by atoms with Gasteiger partial charge in [0.25, 0.3) is 0 Å². The molecular weight excluding hydrogens is 219 g/mol. The predicted octanol–water partition coefficient (Wildman–Crippen LogP) is 1.59. The fraction of sp³-hybridized carbons (Fsp3) is 0.833. The molecule has 96 valence electrons. The van der Waals surface area contributed by atoms with Crippen LogP contribution in [0.1, 0.15) is 27.7 Å². The van der Waals surface area contributed by atoms with Gasteiger partial charge in [-0.1, -0.05) is 5.98 Å². The van der Waals surface area contributed by atoms with Crippen molar-refractivity contribution in [2.45, 2.75) is 38.9 Å². The van der Waals surface area contributed by atoms with Gasteiger partial charge >= 0.3 is 7.12 Å². The molecule has 0 atom stereocenters. The molecule has 2 aliphatic rings. The van der Waals surface area contributed by atoms with Gasteiger partial charge in [-0.05, 0) is 33.3 Å². The summed E-state index contributed by atoms with van der Waals surface area (Å²) in [6.07, 6.45) is 0. The number of rotatable bonds is 1. The van der Waals surface area contributed by atoms with Gasteiger partial charge < -0.3 is 18.8 Å². The molecule has 0 aromatic heterocycles. The minimum Gasteiger partial charge on any atom is -0.400 e. The highest BCUT2D eigenvalue weighted by molar-refractivity contribution is 6.51. The molecule has 0 aromatic carbocycles. The summed E-state index contributed by atoms with van der Waals surface area (Å²) in [4.78, 5) is 0. The SMILES string of the molecule is CC1(C)OB(C=C2COCCOC2)OC1(C)C. The molecule has 0 aliphatic carbocycles. The molecule has 0 spiro atoms. The average Bonchev–Trinajstić information content (AvgIpc) is 2.42. The van der Waals surface area contributed by atoms with Crippen LogP contribution in [0.4, 0.5) is 0 Å². The molecule has 0 unspecified atom stereocenters. The summed E-state index contributed by atoms with van der Waals surface area (Å²) in [5, 5.41) is 0. The van der Waals surface area contributed by atoms with Crippen molar-refractivity contribution in [3.05, 3.63) is 11.5 Å². The molecule has 2 fully saturated rings. The van der Waals surface area contributed by atoms with E-state index in [4.69, 9.17) is 18.8 Å². The van der Waals surface area contributed by atoms with E-state index in [0.29, 0.717) is 26.4 Å². The second kappa shape index (κ2) is 4.73. The first-order valence-electron chi connectivity index (χ1n) is 6.11. The minimum absolute atomic E-state index is 0.291. The molecule has 17 heavy (non-hydrogen) atoms. The van der Waals surface area contributed by atoms with E-state index in [9.17, 15) is 0 Å². The highest BCUT2D eigenvalue weighted by atomic mass is 16.7. The Kier molecular flexibility index (Phi) is 3.64. The van der Waals surface area contributed by atoms with Gasteiger partial charge in [0, 0.05) is 0 Å². The van der Waals surface area contributed by atoms with Crippen molar-refractivity contribution >= 4 is 7.12 Å². The number of hydrogen-bond donors (Lipinski definition) is 0. The van der Waals surface area contributed by atoms with E-state index in [0.717, 1.165) is 5.57 Å². The Morgan fingerprint density at radius 2 is 1.41 bits per heavy atom. The first-order valence-corrected chi connectivity index (χ1v) is 6.11. The summed E-state index contributed by atoms with van der Waals surface area (Å²) >= 11 is 0. The third kappa shape index (κ3) is 2.91. The predicted molar refractivity (Wildman–Crippen MR) is 65.8 cm³/mol. The molecule has 2 heterocycles. The maximum atomic E-state index is 5.90. The molecule has 5 heteroatoms. The lowest BCUT2D eigenvalue weighted by atomic mass is 9.87. The van der Waals surface area contributed by atoms with Crippen molar-refractivity contribution in [2.75, 3.05) is 26.4 Å². The van der Waals surface area contributed by atoms with Crippen molar-refractivity contribution in [2.24, 2.45) is 0 Å². The Hall–Kier alpha value is -0.355. The van der Waals surface area contributed by atoms with E-state index in [-0.39, 0.29) is 18.3 Å². The van der Waals surface area contributed by atoms with Crippen LogP contribution < -0.4 is 0 Å². The van der Waals surface area contributed by atoms with Crippen LogP contribution in [0.3, 0.4) is 0 Å². The lowest BCUT2D eigenvalue weighted by Crippen LogP contribution is -2.41. The molecule has 0 saturated carbocycles. The van der Waals surface area contributed by atoms with Crippen LogP contribution in [-0.2, 0) is 18.8 Å². The van der Waals surface area contributed by atoms with Gasteiger partial charge in [-0.25, -0.2) is 0 Å². The summed E-state index contributed by atoms with van der Waals surface area (Å²) in [7, 11) is -0.305. The summed E-state index contributed by atoms with van der Waals surface area (Å²) in [6.45, 7) is 10.7. The summed E-state index contributed by atoms with van der Waals surface area (Å²) in [5.41, 5.74) is 0.503. The van der Waals surface area contributed by atoms with E-state index in [1.165, 1.54) is 0 Å². The van der Waals surface area contributed by atoms with E-state index < -0.39 is 0 Å². The normalized spacial score (nSPS) is 28.0. The van der Waals surface area contributed by atoms with Crippen LogP contribution in [0, 0.1) is 0 Å². The topological polar surface area (TPSA) is 36.9 Å². The first kappa shape index (κ1) is 13.1. The van der Waals surface area contributed by atoms with E-state index >= 15 is 0 Å². The largest absolute Gasteiger partial charge is 0.487 e. The van der Waals surface area contributed by atoms with Gasteiger partial charge in [-0.2, -0.15) is 0 Å². The Labute approximate surface area is 103 Å². The van der Waals surface area contributed by atoms with Crippen LogP contribution in [0.25, 0.3) is 0 Å². The molecule has 2 saturated heterocycles. The maximum absolute atomic E-state index is 5.90. The molecular formula is C12H21BO4. The molecule has 2 rings (SSSR count). The van der Waals surface area contributed by atoms with Crippen molar-refractivity contribution < 1.29 is 18.8 Å². The molecule has 4 nitrogen and oxygen atoms in total. The Morgan fingerprint density at radius 1 is 0.941 bits per heavy atom. The van der Waals surface area contributed by atoms with E-state index in [1.807, 2.05) is 33.7 Å². The van der Waals surface area contributed by atoms with Crippen molar-refractivity contribution in [1.82, 2.24) is 0 Å². The molecule has 2 aliphatic heterocycles. The summed E-state index contributed by atoms with van der Waals surface area (Å²) in [6, 6.07) is 0. The van der Waals surface area contributed by atoms with Gasteiger partial charge in [0.05, 0.1) is 37.6 Å². The van der Waals surface area contributed by atoms with Crippen molar-refractivity contribution in [1.29, 1.82) is 0 Å².